The van der Waals surface area contributed by atoms with E-state index in [9.17, 15) is 9.59 Å². The topological polar surface area (TPSA) is 55.4 Å². The normalized spacial score (nSPS) is 24.1. The van der Waals surface area contributed by atoms with Crippen molar-refractivity contribution in [2.45, 2.75) is 13.2 Å². The van der Waals surface area contributed by atoms with E-state index in [1.807, 2.05) is 0 Å². The maximum atomic E-state index is 10.2. The number of carbonyl (C=O) groups excluding carboxylic acids is 2. The van der Waals surface area contributed by atoms with Gasteiger partial charge in [-0.3, -0.25) is 9.59 Å². The SMILES string of the molecule is CC(=O)OC1[CH]C(=O)N1. The highest BCUT2D eigenvalue weighted by molar-refractivity contribution is 5.92. The van der Waals surface area contributed by atoms with Crippen molar-refractivity contribution >= 4 is 11.9 Å². The van der Waals surface area contributed by atoms with E-state index in [-0.39, 0.29) is 5.91 Å². The average Bonchev–Trinajstić information content (AvgIpc) is 1.60. The standard InChI is InChI=1S/C5H6NO3/c1-3(7)9-5-2-4(8)6-5/h2,5H,1H3,(H,6,8). The van der Waals surface area contributed by atoms with E-state index in [1.54, 1.807) is 0 Å². The minimum Gasteiger partial charge on any atom is -0.441 e. The van der Waals surface area contributed by atoms with Crippen molar-refractivity contribution < 1.29 is 14.3 Å². The van der Waals surface area contributed by atoms with E-state index in [2.05, 4.69) is 10.1 Å². The van der Waals surface area contributed by atoms with Crippen LogP contribution >= 0.6 is 0 Å². The lowest BCUT2D eigenvalue weighted by molar-refractivity contribution is -0.152. The quantitative estimate of drug-likeness (QED) is 0.372. The molecule has 1 aliphatic heterocycles. The molecule has 1 rings (SSSR count). The highest BCUT2D eigenvalue weighted by Crippen LogP contribution is 2.03. The van der Waals surface area contributed by atoms with Crippen LogP contribution in [0.3, 0.4) is 0 Å². The summed E-state index contributed by atoms with van der Waals surface area (Å²) in [5.41, 5.74) is 0. The first-order valence-corrected chi connectivity index (χ1v) is 2.51. The van der Waals surface area contributed by atoms with Gasteiger partial charge in [-0.15, -0.1) is 0 Å². The first-order valence-electron chi connectivity index (χ1n) is 2.51. The Labute approximate surface area is 52.2 Å². The summed E-state index contributed by atoms with van der Waals surface area (Å²) in [6.07, 6.45) is 0.802. The summed E-state index contributed by atoms with van der Waals surface area (Å²) in [6, 6.07) is 0. The van der Waals surface area contributed by atoms with Gasteiger partial charge in [0, 0.05) is 6.92 Å². The van der Waals surface area contributed by atoms with E-state index in [4.69, 9.17) is 0 Å². The minimum atomic E-state index is -0.491. The second-order valence-corrected chi connectivity index (χ2v) is 1.71. The molecule has 1 N–H and O–H groups in total. The molecule has 1 atom stereocenters. The van der Waals surface area contributed by atoms with E-state index in [0.29, 0.717) is 0 Å². The molecule has 4 heteroatoms. The molecule has 4 nitrogen and oxygen atoms in total. The number of hydrogen-bond acceptors (Lipinski definition) is 3. The zero-order chi connectivity index (χ0) is 6.85. The van der Waals surface area contributed by atoms with Crippen molar-refractivity contribution in [3.05, 3.63) is 6.42 Å². The second-order valence-electron chi connectivity index (χ2n) is 1.71. The fourth-order valence-corrected chi connectivity index (χ4v) is 0.514. The van der Waals surface area contributed by atoms with Gasteiger partial charge < -0.3 is 10.1 Å². The van der Waals surface area contributed by atoms with Gasteiger partial charge >= 0.3 is 5.97 Å². The second kappa shape index (κ2) is 2.05. The zero-order valence-electron chi connectivity index (χ0n) is 4.88. The van der Waals surface area contributed by atoms with Gasteiger partial charge in [0.15, 0.2) is 6.23 Å². The van der Waals surface area contributed by atoms with Gasteiger partial charge in [0.1, 0.15) is 6.42 Å². The lowest BCUT2D eigenvalue weighted by Gasteiger charge is -2.24. The summed E-state index contributed by atoms with van der Waals surface area (Å²) < 4.78 is 4.53. The number of esters is 1. The van der Waals surface area contributed by atoms with Gasteiger partial charge in [0.2, 0.25) is 5.91 Å². The highest BCUT2D eigenvalue weighted by atomic mass is 16.6. The average molecular weight is 128 g/mol. The summed E-state index contributed by atoms with van der Waals surface area (Å²) >= 11 is 0. The van der Waals surface area contributed by atoms with Gasteiger partial charge in [-0.1, -0.05) is 0 Å². The van der Waals surface area contributed by atoms with Crippen LogP contribution in [0.1, 0.15) is 6.92 Å². The summed E-state index contributed by atoms with van der Waals surface area (Å²) in [5.74, 6) is -0.586. The molecule has 1 saturated heterocycles. The molecule has 0 bridgehead atoms. The Morgan fingerprint density at radius 1 is 1.89 bits per heavy atom. The largest absolute Gasteiger partial charge is 0.441 e. The Hall–Kier alpha value is -1.06. The number of nitrogens with one attached hydrogen (secondary N) is 1. The summed E-state index contributed by atoms with van der Waals surface area (Å²) in [6.45, 7) is 1.29. The van der Waals surface area contributed by atoms with Crippen LogP contribution in [-0.4, -0.2) is 18.1 Å². The smallest absolute Gasteiger partial charge is 0.304 e. The molecule has 0 saturated carbocycles. The summed E-state index contributed by atoms with van der Waals surface area (Å²) in [7, 11) is 0. The molecule has 0 aromatic rings. The van der Waals surface area contributed by atoms with E-state index in [1.165, 1.54) is 13.3 Å². The van der Waals surface area contributed by atoms with E-state index in [0.717, 1.165) is 0 Å². The van der Waals surface area contributed by atoms with E-state index < -0.39 is 12.2 Å². The molecule has 49 valence electrons. The fraction of sp³-hybridized carbons (Fsp3) is 0.400. The van der Waals surface area contributed by atoms with Crippen molar-refractivity contribution in [1.82, 2.24) is 5.32 Å². The molecular formula is C5H6NO3. The van der Waals surface area contributed by atoms with Gasteiger partial charge in [-0.25, -0.2) is 0 Å². The lowest BCUT2D eigenvalue weighted by atomic mass is 10.2. The predicted molar refractivity (Wildman–Crippen MR) is 28.0 cm³/mol. The molecule has 1 amide bonds. The molecule has 0 aromatic heterocycles. The molecule has 1 heterocycles. The van der Waals surface area contributed by atoms with Gasteiger partial charge in [-0.2, -0.15) is 0 Å². The Balaban J connectivity index is 2.18. The highest BCUT2D eigenvalue weighted by Gasteiger charge is 2.28. The van der Waals surface area contributed by atoms with Crippen molar-refractivity contribution in [1.29, 1.82) is 0 Å². The maximum absolute atomic E-state index is 10.2. The first kappa shape index (κ1) is 6.07. The fourth-order valence-electron chi connectivity index (χ4n) is 0.514. The molecule has 0 aromatic carbocycles. The molecule has 1 fully saturated rings. The van der Waals surface area contributed by atoms with Crippen LogP contribution in [-0.2, 0) is 14.3 Å². The Kier molecular flexibility index (Phi) is 1.38. The zero-order valence-corrected chi connectivity index (χ0v) is 4.88. The molecule has 0 aliphatic carbocycles. The number of amides is 1. The van der Waals surface area contributed by atoms with Crippen LogP contribution in [0.25, 0.3) is 0 Å². The Bertz CT molecular complexity index is 146. The van der Waals surface area contributed by atoms with Crippen LogP contribution in [0.2, 0.25) is 0 Å². The summed E-state index contributed by atoms with van der Waals surface area (Å²) in [5, 5.41) is 2.34. The van der Waals surface area contributed by atoms with Crippen LogP contribution in [0, 0.1) is 6.42 Å². The molecule has 1 aliphatic rings. The van der Waals surface area contributed by atoms with Crippen LogP contribution < -0.4 is 5.32 Å². The van der Waals surface area contributed by atoms with Gasteiger partial charge in [-0.05, 0) is 0 Å². The Morgan fingerprint density at radius 2 is 2.44 bits per heavy atom. The van der Waals surface area contributed by atoms with Crippen molar-refractivity contribution in [3.8, 4) is 0 Å². The number of carbonyl (C=O) groups is 2. The monoisotopic (exact) mass is 128 g/mol. The maximum Gasteiger partial charge on any atom is 0.304 e. The third-order valence-electron chi connectivity index (χ3n) is 0.880. The van der Waals surface area contributed by atoms with Crippen LogP contribution in [0.5, 0.6) is 0 Å². The molecular weight excluding hydrogens is 122 g/mol. The molecule has 9 heavy (non-hydrogen) atoms. The molecule has 1 unspecified atom stereocenters. The third-order valence-corrected chi connectivity index (χ3v) is 0.880. The number of β-lactam (4-membered cyclic amide) rings is 1. The first-order chi connectivity index (χ1) is 4.18. The van der Waals surface area contributed by atoms with Gasteiger partial charge in [0.25, 0.3) is 0 Å². The number of hydrogen-bond donors (Lipinski definition) is 1. The van der Waals surface area contributed by atoms with Crippen molar-refractivity contribution in [3.63, 3.8) is 0 Å². The van der Waals surface area contributed by atoms with Crippen LogP contribution in [0.15, 0.2) is 0 Å². The van der Waals surface area contributed by atoms with Crippen LogP contribution in [0.4, 0.5) is 0 Å². The van der Waals surface area contributed by atoms with Crippen molar-refractivity contribution in [2.75, 3.05) is 0 Å². The van der Waals surface area contributed by atoms with Gasteiger partial charge in [0.05, 0.1) is 0 Å². The van der Waals surface area contributed by atoms with E-state index >= 15 is 0 Å². The molecule has 1 radical (unpaired) electrons. The minimum absolute atomic E-state index is 0.193. The third kappa shape index (κ3) is 1.42. The predicted octanol–water partition coefficient (Wildman–Crippen LogP) is -0.790. The van der Waals surface area contributed by atoms with Crippen molar-refractivity contribution in [2.24, 2.45) is 0 Å². The molecule has 0 spiro atoms. The Morgan fingerprint density at radius 3 is 2.78 bits per heavy atom. The summed E-state index contributed by atoms with van der Waals surface area (Å²) in [4.78, 5) is 20.3. The lowest BCUT2D eigenvalue weighted by Crippen LogP contribution is -2.51. The number of rotatable bonds is 1. The number of ether oxygens (including phenoxy) is 1.